The Bertz CT molecular complexity index is 176. The van der Waals surface area contributed by atoms with Crippen LogP contribution in [-0.2, 0) is 9.47 Å². The van der Waals surface area contributed by atoms with E-state index in [2.05, 4.69) is 0 Å². The molecular weight excluding hydrogens is 171 g/mol. The van der Waals surface area contributed by atoms with Crippen molar-refractivity contribution in [1.29, 1.82) is 0 Å². The number of ether oxygens (including phenoxy) is 2. The van der Waals surface area contributed by atoms with Gasteiger partial charge in [-0.05, 0) is 13.8 Å². The molecule has 0 bridgehead atoms. The minimum Gasteiger partial charge on any atom is -0.380 e. The maximum absolute atomic E-state index is 5.72. The molecule has 0 spiro atoms. The van der Waals surface area contributed by atoms with E-state index < -0.39 is 0 Å². The third-order valence-corrected chi connectivity index (χ3v) is 3.65. The molecule has 2 nitrogen and oxygen atoms in total. The van der Waals surface area contributed by atoms with E-state index in [9.17, 15) is 0 Å². The molecule has 2 radical (unpaired) electrons. The first-order valence-corrected chi connectivity index (χ1v) is 5.31. The van der Waals surface area contributed by atoms with Gasteiger partial charge in [0.2, 0.25) is 0 Å². The Morgan fingerprint density at radius 3 is 2.67 bits per heavy atom. The van der Waals surface area contributed by atoms with Gasteiger partial charge in [0.05, 0.1) is 18.8 Å². The molecule has 0 aromatic rings. The van der Waals surface area contributed by atoms with Crippen molar-refractivity contribution in [3.05, 3.63) is 0 Å². The van der Waals surface area contributed by atoms with Crippen molar-refractivity contribution in [3.63, 3.8) is 0 Å². The average molecular weight is 184 g/mol. The monoisotopic (exact) mass is 184 g/mol. The van der Waals surface area contributed by atoms with E-state index >= 15 is 0 Å². The second-order valence-electron chi connectivity index (χ2n) is 3.59. The highest BCUT2D eigenvalue weighted by Gasteiger charge is 2.54. The molecule has 2 heterocycles. The summed E-state index contributed by atoms with van der Waals surface area (Å²) in [6.07, 6.45) is 0.519. The van der Waals surface area contributed by atoms with E-state index in [1.165, 1.54) is 0 Å². The summed E-state index contributed by atoms with van der Waals surface area (Å²) in [4.78, 5) is 0. The molecule has 66 valence electrons. The van der Waals surface area contributed by atoms with Crippen molar-refractivity contribution in [2.75, 3.05) is 6.61 Å². The second kappa shape index (κ2) is 3.24. The fourth-order valence-electron chi connectivity index (χ4n) is 1.48. The van der Waals surface area contributed by atoms with E-state index in [-0.39, 0.29) is 18.2 Å². The van der Waals surface area contributed by atoms with Gasteiger partial charge in [0.15, 0.2) is 0 Å². The van der Waals surface area contributed by atoms with Crippen molar-refractivity contribution in [3.8, 4) is 0 Å². The van der Waals surface area contributed by atoms with Crippen LogP contribution in [0.4, 0.5) is 0 Å². The first-order valence-electron chi connectivity index (χ1n) is 4.36. The second-order valence-corrected chi connectivity index (χ2v) is 4.95. The number of rotatable bonds is 3. The van der Waals surface area contributed by atoms with Crippen molar-refractivity contribution in [1.82, 2.24) is 0 Å². The molecule has 2 aliphatic rings. The molecular formula is C8H13BO2S. The summed E-state index contributed by atoms with van der Waals surface area (Å²) < 4.78 is 11.0. The number of fused-ring (bicyclic) bond motifs is 1. The van der Waals surface area contributed by atoms with Gasteiger partial charge >= 0.3 is 0 Å². The van der Waals surface area contributed by atoms with Gasteiger partial charge in [0.1, 0.15) is 7.85 Å². The molecule has 0 saturated carbocycles. The highest BCUT2D eigenvalue weighted by molar-refractivity contribution is 8.08. The summed E-state index contributed by atoms with van der Waals surface area (Å²) in [7, 11) is 5.72. The summed E-state index contributed by atoms with van der Waals surface area (Å²) in [5.74, 6) is 0. The largest absolute Gasteiger partial charge is 0.380 e. The normalized spacial score (nSPS) is 44.9. The van der Waals surface area contributed by atoms with Crippen molar-refractivity contribution < 1.29 is 9.47 Å². The van der Waals surface area contributed by atoms with Crippen LogP contribution in [0.3, 0.4) is 0 Å². The van der Waals surface area contributed by atoms with Gasteiger partial charge in [-0.25, -0.2) is 0 Å². The SMILES string of the molecule is [B][C@@H]1O[C@H](COC(C)C)C2S[C@@H]21. The quantitative estimate of drug-likeness (QED) is 0.477. The van der Waals surface area contributed by atoms with Crippen LogP contribution in [0, 0.1) is 0 Å². The molecule has 4 heteroatoms. The van der Waals surface area contributed by atoms with Crippen LogP contribution < -0.4 is 0 Å². The lowest BCUT2D eigenvalue weighted by molar-refractivity contribution is -0.0151. The number of thioether (sulfide) groups is 1. The van der Waals surface area contributed by atoms with Gasteiger partial charge in [0.25, 0.3) is 0 Å². The van der Waals surface area contributed by atoms with Gasteiger partial charge in [-0.3, -0.25) is 0 Å². The fourth-order valence-corrected chi connectivity index (χ4v) is 2.62. The lowest BCUT2D eigenvalue weighted by atomic mass is 9.97. The lowest BCUT2D eigenvalue weighted by Crippen LogP contribution is -2.24. The van der Waals surface area contributed by atoms with E-state index in [0.717, 1.165) is 0 Å². The minimum atomic E-state index is -0.0548. The molecule has 1 unspecified atom stereocenters. The van der Waals surface area contributed by atoms with Gasteiger partial charge in [-0.15, -0.1) is 11.8 Å². The van der Waals surface area contributed by atoms with E-state index in [1.54, 1.807) is 0 Å². The van der Waals surface area contributed by atoms with E-state index in [4.69, 9.17) is 17.3 Å². The van der Waals surface area contributed by atoms with Crippen LogP contribution in [0.15, 0.2) is 0 Å². The van der Waals surface area contributed by atoms with Crippen LogP contribution in [0.1, 0.15) is 13.8 Å². The Morgan fingerprint density at radius 2 is 2.25 bits per heavy atom. The van der Waals surface area contributed by atoms with Crippen LogP contribution in [-0.4, -0.2) is 43.2 Å². The first kappa shape index (κ1) is 8.91. The Morgan fingerprint density at radius 1 is 1.50 bits per heavy atom. The minimum absolute atomic E-state index is 0.0548. The summed E-state index contributed by atoms with van der Waals surface area (Å²) in [5, 5.41) is 1.16. The molecule has 2 aliphatic heterocycles. The van der Waals surface area contributed by atoms with Crippen LogP contribution in [0.5, 0.6) is 0 Å². The fraction of sp³-hybridized carbons (Fsp3) is 1.00. The molecule has 0 aliphatic carbocycles. The van der Waals surface area contributed by atoms with Crippen molar-refractivity contribution in [2.45, 2.75) is 42.6 Å². The van der Waals surface area contributed by atoms with E-state index in [0.29, 0.717) is 17.1 Å². The molecule has 0 aromatic carbocycles. The Kier molecular flexibility index (Phi) is 2.41. The van der Waals surface area contributed by atoms with Gasteiger partial charge in [-0.2, -0.15) is 0 Å². The molecule has 2 rings (SSSR count). The van der Waals surface area contributed by atoms with Crippen LogP contribution in [0.25, 0.3) is 0 Å². The Balaban J connectivity index is 1.76. The molecule has 0 amide bonds. The summed E-state index contributed by atoms with van der Waals surface area (Å²) in [5.41, 5.74) is 0. The third-order valence-electron chi connectivity index (χ3n) is 2.18. The highest BCUT2D eigenvalue weighted by atomic mass is 32.2. The molecule has 4 atom stereocenters. The summed E-state index contributed by atoms with van der Waals surface area (Å²) in [6.45, 7) is 4.76. The number of hydrogen-bond donors (Lipinski definition) is 0. The summed E-state index contributed by atoms with van der Waals surface area (Å²) >= 11 is 1.92. The highest BCUT2D eigenvalue weighted by Crippen LogP contribution is 2.52. The van der Waals surface area contributed by atoms with Crippen LogP contribution in [0.2, 0.25) is 0 Å². The van der Waals surface area contributed by atoms with Gasteiger partial charge < -0.3 is 9.47 Å². The van der Waals surface area contributed by atoms with Gasteiger partial charge in [-0.1, -0.05) is 0 Å². The van der Waals surface area contributed by atoms with Gasteiger partial charge in [0, 0.05) is 16.5 Å². The summed E-state index contributed by atoms with van der Waals surface area (Å²) in [6, 6.07) is -0.0548. The van der Waals surface area contributed by atoms with E-state index in [1.807, 2.05) is 25.6 Å². The maximum atomic E-state index is 5.72. The molecule has 0 N–H and O–H groups in total. The first-order chi connectivity index (χ1) is 5.68. The molecule has 2 saturated heterocycles. The smallest absolute Gasteiger partial charge is 0.110 e. The molecule has 0 aromatic heterocycles. The zero-order valence-corrected chi connectivity index (χ0v) is 8.21. The maximum Gasteiger partial charge on any atom is 0.110 e. The number of hydrogen-bond acceptors (Lipinski definition) is 3. The van der Waals surface area contributed by atoms with Crippen molar-refractivity contribution >= 4 is 19.6 Å². The standard InChI is InChI=1S/C8H13BO2S/c1-4(2)10-3-5-6-7(12-6)8(9)11-5/h4-8H,3H2,1-2H3/t5-,6?,7+,8-/m1/s1. The average Bonchev–Trinajstić information content (AvgIpc) is 2.71. The van der Waals surface area contributed by atoms with Crippen LogP contribution >= 0.6 is 11.8 Å². The predicted molar refractivity (Wildman–Crippen MR) is 50.7 cm³/mol. The van der Waals surface area contributed by atoms with Crippen molar-refractivity contribution in [2.24, 2.45) is 0 Å². The Hall–Kier alpha value is 0.335. The lowest BCUT2D eigenvalue weighted by Gasteiger charge is -2.16. The molecule has 12 heavy (non-hydrogen) atoms. The third kappa shape index (κ3) is 1.65. The predicted octanol–water partition coefficient (Wildman–Crippen LogP) is 0.789. The molecule has 2 fully saturated rings. The Labute approximate surface area is 78.8 Å². The topological polar surface area (TPSA) is 18.5 Å². The zero-order chi connectivity index (χ0) is 8.72. The zero-order valence-electron chi connectivity index (χ0n) is 7.40.